The molecule has 1 fully saturated rings. The van der Waals surface area contributed by atoms with Gasteiger partial charge in [-0.15, -0.1) is 0 Å². The molecule has 19 heavy (non-hydrogen) atoms. The number of aryl methyl sites for hydroxylation is 1. The van der Waals surface area contributed by atoms with Crippen molar-refractivity contribution in [1.82, 2.24) is 5.32 Å². The molecule has 1 saturated carbocycles. The lowest BCUT2D eigenvalue weighted by molar-refractivity contribution is 0.258. The van der Waals surface area contributed by atoms with Crippen molar-refractivity contribution in [3.8, 4) is 0 Å². The van der Waals surface area contributed by atoms with Gasteiger partial charge < -0.3 is 9.73 Å². The lowest BCUT2D eigenvalue weighted by atomic mass is 9.75. The van der Waals surface area contributed by atoms with Crippen molar-refractivity contribution in [2.24, 2.45) is 0 Å². The fourth-order valence-corrected chi connectivity index (χ4v) is 2.84. The van der Waals surface area contributed by atoms with Gasteiger partial charge >= 0.3 is 0 Å². The van der Waals surface area contributed by atoms with Gasteiger partial charge in [0.1, 0.15) is 5.76 Å². The number of hydrogen-bond donors (Lipinski definition) is 1. The van der Waals surface area contributed by atoms with E-state index in [2.05, 4.69) is 43.4 Å². The van der Waals surface area contributed by atoms with Crippen LogP contribution in [0.4, 0.5) is 0 Å². The third-order valence-corrected chi connectivity index (χ3v) is 4.14. The summed E-state index contributed by atoms with van der Waals surface area (Å²) >= 11 is 0. The van der Waals surface area contributed by atoms with Crippen molar-refractivity contribution in [3.05, 3.63) is 59.5 Å². The predicted molar refractivity (Wildman–Crippen MR) is 77.2 cm³/mol. The normalized spacial score (nSPS) is 23.9. The van der Waals surface area contributed by atoms with Crippen LogP contribution in [0.2, 0.25) is 0 Å². The summed E-state index contributed by atoms with van der Waals surface area (Å²) in [5, 5.41) is 3.64. The zero-order chi connectivity index (χ0) is 13.2. The van der Waals surface area contributed by atoms with Crippen LogP contribution in [0.3, 0.4) is 0 Å². The van der Waals surface area contributed by atoms with Gasteiger partial charge in [-0.1, -0.05) is 29.8 Å². The van der Waals surface area contributed by atoms with Crippen LogP contribution in [0.15, 0.2) is 47.1 Å². The second-order valence-corrected chi connectivity index (χ2v) is 5.68. The second-order valence-electron chi connectivity index (χ2n) is 5.68. The summed E-state index contributed by atoms with van der Waals surface area (Å²) in [6, 6.07) is 13.9. The Kier molecular flexibility index (Phi) is 3.43. The Balaban J connectivity index is 1.51. The van der Waals surface area contributed by atoms with Gasteiger partial charge in [0.05, 0.1) is 12.3 Å². The summed E-state index contributed by atoms with van der Waals surface area (Å²) in [4.78, 5) is 0. The van der Waals surface area contributed by atoms with Gasteiger partial charge in [0.25, 0.3) is 0 Å². The first-order valence-electron chi connectivity index (χ1n) is 7.08. The Morgan fingerprint density at radius 3 is 2.53 bits per heavy atom. The van der Waals surface area contributed by atoms with Crippen LogP contribution in [0.5, 0.6) is 0 Å². The molecule has 1 aromatic heterocycles. The summed E-state index contributed by atoms with van der Waals surface area (Å²) in [6.45, 7) is 4.30. The van der Waals surface area contributed by atoms with Crippen molar-refractivity contribution < 1.29 is 4.42 Å². The van der Waals surface area contributed by atoms with E-state index < -0.39 is 0 Å². The maximum Gasteiger partial charge on any atom is 0.120 e. The molecule has 1 N–H and O–H groups in total. The zero-order valence-electron chi connectivity index (χ0n) is 11.6. The van der Waals surface area contributed by atoms with E-state index in [0.29, 0.717) is 12.1 Å². The molecule has 0 radical (unpaired) electrons. The molecule has 1 heterocycles. The molecule has 2 heteroatoms. The molecule has 1 aromatic carbocycles. The highest BCUT2D eigenvalue weighted by Gasteiger charge is 2.31. The minimum Gasteiger partial charge on any atom is -0.468 e. The molecule has 1 atom stereocenters. The molecule has 2 nitrogen and oxygen atoms in total. The van der Waals surface area contributed by atoms with E-state index in [9.17, 15) is 0 Å². The Bertz CT molecular complexity index is 509. The fourth-order valence-electron chi connectivity index (χ4n) is 2.84. The number of benzene rings is 1. The number of hydrogen-bond acceptors (Lipinski definition) is 2. The van der Waals surface area contributed by atoms with Crippen LogP contribution in [-0.4, -0.2) is 6.04 Å². The van der Waals surface area contributed by atoms with Crippen LogP contribution < -0.4 is 5.32 Å². The van der Waals surface area contributed by atoms with Crippen molar-refractivity contribution in [2.75, 3.05) is 0 Å². The first-order chi connectivity index (χ1) is 9.22. The molecule has 0 bridgehead atoms. The maximum atomic E-state index is 5.43. The minimum absolute atomic E-state index is 0.305. The van der Waals surface area contributed by atoms with E-state index in [1.165, 1.54) is 24.0 Å². The quantitative estimate of drug-likeness (QED) is 0.886. The SMILES string of the molecule is Cc1ccc(C2CC(N[C@@H](C)c3ccco3)C2)cc1. The van der Waals surface area contributed by atoms with E-state index in [4.69, 9.17) is 4.42 Å². The van der Waals surface area contributed by atoms with Crippen molar-refractivity contribution in [1.29, 1.82) is 0 Å². The van der Waals surface area contributed by atoms with Crippen molar-refractivity contribution >= 4 is 0 Å². The highest BCUT2D eigenvalue weighted by Crippen LogP contribution is 2.37. The molecular weight excluding hydrogens is 234 g/mol. The smallest absolute Gasteiger partial charge is 0.120 e. The van der Waals surface area contributed by atoms with Gasteiger partial charge in [-0.05, 0) is 50.3 Å². The minimum atomic E-state index is 0.305. The third-order valence-electron chi connectivity index (χ3n) is 4.14. The van der Waals surface area contributed by atoms with Gasteiger partial charge in [-0.2, -0.15) is 0 Å². The molecule has 0 saturated heterocycles. The Morgan fingerprint density at radius 1 is 1.16 bits per heavy atom. The topological polar surface area (TPSA) is 25.2 Å². The van der Waals surface area contributed by atoms with E-state index in [-0.39, 0.29) is 0 Å². The van der Waals surface area contributed by atoms with Crippen LogP contribution >= 0.6 is 0 Å². The highest BCUT2D eigenvalue weighted by molar-refractivity contribution is 5.26. The molecule has 1 aliphatic rings. The van der Waals surface area contributed by atoms with Gasteiger partial charge in [0.2, 0.25) is 0 Å². The zero-order valence-corrected chi connectivity index (χ0v) is 11.6. The van der Waals surface area contributed by atoms with Crippen LogP contribution in [0.25, 0.3) is 0 Å². The monoisotopic (exact) mass is 255 g/mol. The average Bonchev–Trinajstić information content (AvgIpc) is 2.88. The Morgan fingerprint density at radius 2 is 1.89 bits per heavy atom. The second kappa shape index (κ2) is 5.22. The summed E-state index contributed by atoms with van der Waals surface area (Å²) in [5.41, 5.74) is 2.82. The van der Waals surface area contributed by atoms with Gasteiger partial charge in [-0.3, -0.25) is 0 Å². The Hall–Kier alpha value is -1.54. The van der Waals surface area contributed by atoms with Gasteiger partial charge in [-0.25, -0.2) is 0 Å². The van der Waals surface area contributed by atoms with E-state index >= 15 is 0 Å². The van der Waals surface area contributed by atoms with Crippen LogP contribution in [-0.2, 0) is 0 Å². The number of rotatable bonds is 4. The molecule has 0 aliphatic heterocycles. The maximum absolute atomic E-state index is 5.43. The van der Waals surface area contributed by atoms with E-state index in [1.807, 2.05) is 12.1 Å². The highest BCUT2D eigenvalue weighted by atomic mass is 16.3. The van der Waals surface area contributed by atoms with E-state index in [0.717, 1.165) is 11.7 Å². The fraction of sp³-hybridized carbons (Fsp3) is 0.412. The first kappa shape index (κ1) is 12.5. The Labute approximate surface area is 114 Å². The van der Waals surface area contributed by atoms with E-state index in [1.54, 1.807) is 6.26 Å². The molecule has 2 aromatic rings. The first-order valence-corrected chi connectivity index (χ1v) is 7.08. The van der Waals surface area contributed by atoms with Gasteiger partial charge in [0, 0.05) is 6.04 Å². The standard InChI is InChI=1S/C17H21NO/c1-12-5-7-14(8-6-12)15-10-16(11-15)18-13(2)17-4-3-9-19-17/h3-9,13,15-16,18H,10-11H2,1-2H3/t13-,15?,16?/m0/s1. The molecule has 1 aliphatic carbocycles. The molecule has 0 spiro atoms. The van der Waals surface area contributed by atoms with Crippen molar-refractivity contribution in [2.45, 2.75) is 44.7 Å². The number of nitrogens with one attached hydrogen (secondary N) is 1. The molecule has 100 valence electrons. The molecule has 0 unspecified atom stereocenters. The largest absolute Gasteiger partial charge is 0.468 e. The molecule has 0 amide bonds. The number of furan rings is 1. The summed E-state index contributed by atoms with van der Waals surface area (Å²) in [7, 11) is 0. The summed E-state index contributed by atoms with van der Waals surface area (Å²) in [6.07, 6.45) is 4.20. The lowest BCUT2D eigenvalue weighted by Gasteiger charge is -2.38. The van der Waals surface area contributed by atoms with Crippen LogP contribution in [0.1, 0.15) is 48.6 Å². The molecular formula is C17H21NO. The van der Waals surface area contributed by atoms with Gasteiger partial charge in [0.15, 0.2) is 0 Å². The summed E-state index contributed by atoms with van der Waals surface area (Å²) < 4.78 is 5.43. The van der Waals surface area contributed by atoms with Crippen molar-refractivity contribution in [3.63, 3.8) is 0 Å². The molecule has 3 rings (SSSR count). The van der Waals surface area contributed by atoms with Crippen LogP contribution in [0, 0.1) is 6.92 Å². The lowest BCUT2D eigenvalue weighted by Crippen LogP contribution is -2.41. The average molecular weight is 255 g/mol. The third kappa shape index (κ3) is 2.74. The predicted octanol–water partition coefficient (Wildman–Crippen LogP) is 4.18. The summed E-state index contributed by atoms with van der Waals surface area (Å²) in [5.74, 6) is 1.75.